The van der Waals surface area contributed by atoms with Crippen molar-refractivity contribution in [2.75, 3.05) is 5.32 Å². The molecular weight excluding hydrogens is 328 g/mol. The summed E-state index contributed by atoms with van der Waals surface area (Å²) in [5.41, 5.74) is 3.13. The van der Waals surface area contributed by atoms with Crippen molar-refractivity contribution in [3.8, 4) is 0 Å². The Morgan fingerprint density at radius 2 is 1.92 bits per heavy atom. The Balaban J connectivity index is 1.68. The molecule has 1 aliphatic rings. The molecule has 124 valence electrons. The summed E-state index contributed by atoms with van der Waals surface area (Å²) in [6, 6.07) is 11.9. The van der Waals surface area contributed by atoms with E-state index in [1.165, 1.54) is 0 Å². The first-order valence-electron chi connectivity index (χ1n) is 7.59. The lowest BCUT2D eigenvalue weighted by Crippen LogP contribution is -2.40. The quantitative estimate of drug-likeness (QED) is 0.732. The van der Waals surface area contributed by atoms with Gasteiger partial charge in [-0.1, -0.05) is 41.9 Å². The molecule has 0 bridgehead atoms. The van der Waals surface area contributed by atoms with E-state index >= 15 is 0 Å². The van der Waals surface area contributed by atoms with Crippen molar-refractivity contribution < 1.29 is 14.7 Å². The predicted octanol–water partition coefficient (Wildman–Crippen LogP) is 2.36. The van der Waals surface area contributed by atoms with Crippen LogP contribution in [-0.2, 0) is 16.0 Å². The summed E-state index contributed by atoms with van der Waals surface area (Å²) in [6.45, 7) is 1.85. The number of aliphatic hydroxyl groups excluding tert-OH is 1. The lowest BCUT2D eigenvalue weighted by Gasteiger charge is -2.17. The van der Waals surface area contributed by atoms with Crippen LogP contribution in [0.1, 0.15) is 22.7 Å². The molecule has 0 spiro atoms. The van der Waals surface area contributed by atoms with Crippen LogP contribution in [0.5, 0.6) is 0 Å². The summed E-state index contributed by atoms with van der Waals surface area (Å²) < 4.78 is 0. The standard InChI is InChI=1S/C18H17ClN2O3/c1-10-6-7-12(9-14(10)19)20-17(23)18(24)21-16-13-5-3-2-4-11(13)8-15(16)22/h2-7,9,15-16,22H,8H2,1H3,(H,20,23)(H,21,24). The van der Waals surface area contributed by atoms with E-state index in [1.54, 1.807) is 18.2 Å². The van der Waals surface area contributed by atoms with E-state index in [2.05, 4.69) is 10.6 Å². The maximum Gasteiger partial charge on any atom is 0.313 e. The first kappa shape index (κ1) is 16.5. The minimum absolute atomic E-state index is 0.443. The molecule has 6 heteroatoms. The molecule has 1 aliphatic carbocycles. The Bertz CT molecular complexity index is 807. The second-order valence-electron chi connectivity index (χ2n) is 5.84. The third kappa shape index (κ3) is 3.27. The smallest absolute Gasteiger partial charge is 0.313 e. The van der Waals surface area contributed by atoms with Crippen LogP contribution < -0.4 is 10.6 Å². The molecule has 2 atom stereocenters. The molecule has 3 rings (SSSR count). The zero-order valence-corrected chi connectivity index (χ0v) is 13.8. The number of aryl methyl sites for hydroxylation is 1. The molecular formula is C18H17ClN2O3. The van der Waals surface area contributed by atoms with Crippen molar-refractivity contribution in [1.29, 1.82) is 0 Å². The SMILES string of the molecule is Cc1ccc(NC(=O)C(=O)NC2c3ccccc3CC2O)cc1Cl. The molecule has 0 saturated carbocycles. The van der Waals surface area contributed by atoms with Crippen LogP contribution in [0.3, 0.4) is 0 Å². The minimum atomic E-state index is -0.800. The Morgan fingerprint density at radius 1 is 1.17 bits per heavy atom. The maximum absolute atomic E-state index is 12.1. The first-order chi connectivity index (χ1) is 11.5. The Labute approximate surface area is 144 Å². The van der Waals surface area contributed by atoms with Gasteiger partial charge >= 0.3 is 11.8 Å². The van der Waals surface area contributed by atoms with Crippen LogP contribution in [0.2, 0.25) is 5.02 Å². The average Bonchev–Trinajstić information content (AvgIpc) is 2.87. The lowest BCUT2D eigenvalue weighted by molar-refractivity contribution is -0.137. The van der Waals surface area contributed by atoms with Gasteiger partial charge in [-0.05, 0) is 35.7 Å². The first-order valence-corrected chi connectivity index (χ1v) is 7.97. The number of amides is 2. The molecule has 2 amide bonds. The molecule has 3 N–H and O–H groups in total. The fourth-order valence-electron chi connectivity index (χ4n) is 2.81. The van der Waals surface area contributed by atoms with E-state index in [-0.39, 0.29) is 0 Å². The average molecular weight is 345 g/mol. The van der Waals surface area contributed by atoms with E-state index < -0.39 is 24.0 Å². The summed E-state index contributed by atoms with van der Waals surface area (Å²) in [5.74, 6) is -1.60. The number of hydrogen-bond donors (Lipinski definition) is 3. The Kier molecular flexibility index (Phi) is 4.55. The second-order valence-corrected chi connectivity index (χ2v) is 6.25. The summed E-state index contributed by atoms with van der Waals surface area (Å²) in [7, 11) is 0. The highest BCUT2D eigenvalue weighted by Gasteiger charge is 2.33. The fourth-order valence-corrected chi connectivity index (χ4v) is 2.99. The zero-order valence-electron chi connectivity index (χ0n) is 13.0. The number of halogens is 1. The summed E-state index contributed by atoms with van der Waals surface area (Å²) >= 11 is 6.00. The Hall–Kier alpha value is -2.37. The van der Waals surface area contributed by atoms with Gasteiger partial charge in [-0.15, -0.1) is 0 Å². The van der Waals surface area contributed by atoms with Gasteiger partial charge in [-0.25, -0.2) is 0 Å². The van der Waals surface area contributed by atoms with Gasteiger partial charge in [-0.3, -0.25) is 9.59 Å². The highest BCUT2D eigenvalue weighted by molar-refractivity contribution is 6.40. The maximum atomic E-state index is 12.1. The van der Waals surface area contributed by atoms with Crippen LogP contribution >= 0.6 is 11.6 Å². The van der Waals surface area contributed by atoms with Crippen LogP contribution in [-0.4, -0.2) is 23.0 Å². The Morgan fingerprint density at radius 3 is 2.67 bits per heavy atom. The number of rotatable bonds is 2. The summed E-state index contributed by atoms with van der Waals surface area (Å²) in [6.07, 6.45) is -0.288. The summed E-state index contributed by atoms with van der Waals surface area (Å²) in [5, 5.41) is 15.7. The van der Waals surface area contributed by atoms with Gasteiger partial charge < -0.3 is 15.7 Å². The van der Waals surface area contributed by atoms with Gasteiger partial charge in [-0.2, -0.15) is 0 Å². The largest absolute Gasteiger partial charge is 0.390 e. The predicted molar refractivity (Wildman–Crippen MR) is 91.9 cm³/mol. The van der Waals surface area contributed by atoms with Gasteiger partial charge in [0.25, 0.3) is 0 Å². The molecule has 0 radical (unpaired) electrons. The molecule has 2 unspecified atom stereocenters. The number of nitrogens with one attached hydrogen (secondary N) is 2. The zero-order chi connectivity index (χ0) is 17.3. The minimum Gasteiger partial charge on any atom is -0.390 e. The normalized spacial score (nSPS) is 18.8. The molecule has 2 aromatic carbocycles. The number of hydrogen-bond acceptors (Lipinski definition) is 3. The van der Waals surface area contributed by atoms with Crippen molar-refractivity contribution in [3.63, 3.8) is 0 Å². The number of carbonyl (C=O) groups excluding carboxylic acids is 2. The van der Waals surface area contributed by atoms with Gasteiger partial charge in [0.1, 0.15) is 0 Å². The van der Waals surface area contributed by atoms with Crippen LogP contribution in [0.15, 0.2) is 42.5 Å². The second kappa shape index (κ2) is 6.63. The van der Waals surface area contributed by atoms with E-state index in [9.17, 15) is 14.7 Å². The van der Waals surface area contributed by atoms with Crippen molar-refractivity contribution in [2.24, 2.45) is 0 Å². The molecule has 0 aromatic heterocycles. The molecule has 0 fully saturated rings. The van der Waals surface area contributed by atoms with Crippen LogP contribution in [0.25, 0.3) is 0 Å². The van der Waals surface area contributed by atoms with Gasteiger partial charge in [0, 0.05) is 17.1 Å². The van der Waals surface area contributed by atoms with Crippen molar-refractivity contribution in [1.82, 2.24) is 5.32 Å². The molecule has 2 aromatic rings. The van der Waals surface area contributed by atoms with E-state index in [0.717, 1.165) is 16.7 Å². The molecule has 5 nitrogen and oxygen atoms in total. The van der Waals surface area contributed by atoms with Crippen LogP contribution in [0.4, 0.5) is 5.69 Å². The number of carbonyl (C=O) groups is 2. The number of benzene rings is 2. The third-order valence-corrected chi connectivity index (χ3v) is 4.53. The molecule has 0 heterocycles. The highest BCUT2D eigenvalue weighted by Crippen LogP contribution is 2.31. The number of anilines is 1. The van der Waals surface area contributed by atoms with E-state index in [0.29, 0.717) is 17.1 Å². The summed E-state index contributed by atoms with van der Waals surface area (Å²) in [4.78, 5) is 24.2. The van der Waals surface area contributed by atoms with E-state index in [1.807, 2.05) is 31.2 Å². The van der Waals surface area contributed by atoms with E-state index in [4.69, 9.17) is 11.6 Å². The lowest BCUT2D eigenvalue weighted by atomic mass is 10.1. The fraction of sp³-hybridized carbons (Fsp3) is 0.222. The topological polar surface area (TPSA) is 78.4 Å². The molecule has 24 heavy (non-hydrogen) atoms. The van der Waals surface area contributed by atoms with Gasteiger partial charge in [0.2, 0.25) is 0 Å². The monoisotopic (exact) mass is 344 g/mol. The third-order valence-electron chi connectivity index (χ3n) is 4.13. The van der Waals surface area contributed by atoms with Crippen LogP contribution in [0, 0.1) is 6.92 Å². The van der Waals surface area contributed by atoms with Gasteiger partial charge in [0.15, 0.2) is 0 Å². The molecule has 0 saturated heterocycles. The van der Waals surface area contributed by atoms with Crippen molar-refractivity contribution in [3.05, 3.63) is 64.2 Å². The van der Waals surface area contributed by atoms with Crippen molar-refractivity contribution >= 4 is 29.1 Å². The number of fused-ring (bicyclic) bond motifs is 1. The van der Waals surface area contributed by atoms with Crippen molar-refractivity contribution in [2.45, 2.75) is 25.5 Å². The molecule has 0 aliphatic heterocycles. The highest BCUT2D eigenvalue weighted by atomic mass is 35.5. The van der Waals surface area contributed by atoms with Gasteiger partial charge in [0.05, 0.1) is 12.1 Å². The number of aliphatic hydroxyl groups is 1.